The Balaban J connectivity index is 1.58. The zero-order valence-corrected chi connectivity index (χ0v) is 13.5. The fourth-order valence-corrected chi connectivity index (χ4v) is 5.60. The fourth-order valence-electron chi connectivity index (χ4n) is 5.40. The summed E-state index contributed by atoms with van der Waals surface area (Å²) in [6.07, 6.45) is 10.3. The topological polar surface area (TPSA) is 37.8 Å². The molecule has 1 aromatic rings. The molecule has 4 saturated carbocycles. The van der Waals surface area contributed by atoms with Crippen molar-refractivity contribution >= 4 is 17.4 Å². The number of aromatic nitrogens is 2. The number of anilines is 1. The summed E-state index contributed by atoms with van der Waals surface area (Å²) in [6.45, 7) is 2.15. The highest BCUT2D eigenvalue weighted by atomic mass is 35.5. The van der Waals surface area contributed by atoms with Crippen LogP contribution >= 0.6 is 11.6 Å². The van der Waals surface area contributed by atoms with Gasteiger partial charge in [-0.3, -0.25) is 0 Å². The first-order chi connectivity index (χ1) is 10.1. The van der Waals surface area contributed by atoms with E-state index in [0.29, 0.717) is 5.15 Å². The maximum absolute atomic E-state index is 6.18. The van der Waals surface area contributed by atoms with Crippen molar-refractivity contribution in [1.82, 2.24) is 9.97 Å². The lowest BCUT2D eigenvalue weighted by Crippen LogP contribution is -2.54. The molecule has 0 radical (unpaired) electrons. The molecule has 4 heteroatoms. The van der Waals surface area contributed by atoms with E-state index in [1.54, 1.807) is 0 Å². The van der Waals surface area contributed by atoms with Crippen molar-refractivity contribution in [2.24, 2.45) is 17.8 Å². The predicted octanol–water partition coefficient (Wildman–Crippen LogP) is 4.46. The second-order valence-corrected chi connectivity index (χ2v) is 7.95. The van der Waals surface area contributed by atoms with E-state index in [9.17, 15) is 0 Å². The van der Waals surface area contributed by atoms with Crippen molar-refractivity contribution in [3.8, 4) is 0 Å². The van der Waals surface area contributed by atoms with E-state index in [1.165, 1.54) is 38.5 Å². The lowest BCUT2D eigenvalue weighted by Gasteiger charge is -2.57. The Morgan fingerprint density at radius 1 is 1.14 bits per heavy atom. The fraction of sp³-hybridized carbons (Fsp3) is 0.765. The van der Waals surface area contributed by atoms with Gasteiger partial charge in [-0.25, -0.2) is 9.97 Å². The number of hydrogen-bond acceptors (Lipinski definition) is 3. The summed E-state index contributed by atoms with van der Waals surface area (Å²) in [5, 5.41) is 4.36. The molecule has 1 aromatic heterocycles. The highest BCUT2D eigenvalue weighted by Crippen LogP contribution is 2.56. The summed E-state index contributed by atoms with van der Waals surface area (Å²) in [6, 6.07) is 1.90. The van der Waals surface area contributed by atoms with Crippen molar-refractivity contribution in [1.29, 1.82) is 0 Å². The third kappa shape index (κ3) is 2.65. The largest absolute Gasteiger partial charge is 0.364 e. The van der Waals surface area contributed by atoms with Gasteiger partial charge in [0.1, 0.15) is 16.8 Å². The number of nitrogens with one attached hydrogen (secondary N) is 1. The van der Waals surface area contributed by atoms with Gasteiger partial charge in [-0.15, -0.1) is 0 Å². The van der Waals surface area contributed by atoms with Crippen LogP contribution in [0.5, 0.6) is 0 Å². The Bertz CT molecular complexity index is 508. The van der Waals surface area contributed by atoms with Crippen LogP contribution in [0.1, 0.15) is 57.7 Å². The van der Waals surface area contributed by atoms with Gasteiger partial charge in [0.05, 0.1) is 0 Å². The summed E-state index contributed by atoms with van der Waals surface area (Å²) >= 11 is 6.18. The number of nitrogens with zero attached hydrogens (tertiary/aromatic N) is 2. The summed E-state index contributed by atoms with van der Waals surface area (Å²) in [4.78, 5) is 9.02. The van der Waals surface area contributed by atoms with Crippen LogP contribution in [0.25, 0.3) is 0 Å². The number of aryl methyl sites for hydroxylation is 1. The molecule has 3 nitrogen and oxygen atoms in total. The van der Waals surface area contributed by atoms with Gasteiger partial charge in [-0.2, -0.15) is 0 Å². The van der Waals surface area contributed by atoms with E-state index < -0.39 is 0 Å². The van der Waals surface area contributed by atoms with Crippen molar-refractivity contribution in [3.63, 3.8) is 0 Å². The molecule has 4 fully saturated rings. The molecule has 0 atom stereocenters. The summed E-state index contributed by atoms with van der Waals surface area (Å²) in [5.41, 5.74) is 0.288. The van der Waals surface area contributed by atoms with Gasteiger partial charge >= 0.3 is 0 Å². The lowest BCUT2D eigenvalue weighted by molar-refractivity contribution is 0.0105. The first-order valence-electron chi connectivity index (χ1n) is 8.46. The van der Waals surface area contributed by atoms with E-state index in [4.69, 9.17) is 16.6 Å². The van der Waals surface area contributed by atoms with Gasteiger partial charge < -0.3 is 5.32 Å². The Labute approximate surface area is 131 Å². The van der Waals surface area contributed by atoms with E-state index in [0.717, 1.165) is 42.2 Å². The molecular formula is C17H24ClN3. The summed E-state index contributed by atoms with van der Waals surface area (Å²) in [5.74, 6) is 4.64. The molecule has 0 aromatic carbocycles. The molecule has 0 spiro atoms. The molecule has 21 heavy (non-hydrogen) atoms. The quantitative estimate of drug-likeness (QED) is 0.834. The van der Waals surface area contributed by atoms with Crippen LogP contribution in [0.4, 0.5) is 5.82 Å². The summed E-state index contributed by atoms with van der Waals surface area (Å²) < 4.78 is 0. The minimum absolute atomic E-state index is 0.288. The van der Waals surface area contributed by atoms with Gasteiger partial charge in [0, 0.05) is 18.0 Å². The Morgan fingerprint density at radius 2 is 1.76 bits per heavy atom. The maximum Gasteiger partial charge on any atom is 0.134 e. The minimum Gasteiger partial charge on any atom is -0.364 e. The molecule has 1 heterocycles. The number of halogens is 1. The molecule has 114 valence electrons. The number of rotatable bonds is 4. The van der Waals surface area contributed by atoms with E-state index in [1.807, 2.05) is 6.07 Å². The molecule has 0 unspecified atom stereocenters. The van der Waals surface area contributed by atoms with Crippen LogP contribution in [-0.4, -0.2) is 15.5 Å². The molecule has 0 saturated heterocycles. The van der Waals surface area contributed by atoms with Crippen molar-refractivity contribution in [3.05, 3.63) is 17.0 Å². The SMILES string of the molecule is CCCc1nc(Cl)cc(NC23CC4CC(CC(C4)C2)C3)n1. The van der Waals surface area contributed by atoms with Crippen LogP contribution in [0.15, 0.2) is 6.07 Å². The molecule has 4 bridgehead atoms. The van der Waals surface area contributed by atoms with Gasteiger partial charge in [0.2, 0.25) is 0 Å². The molecule has 0 amide bonds. The highest BCUT2D eigenvalue weighted by Gasteiger charge is 2.51. The monoisotopic (exact) mass is 305 g/mol. The average Bonchev–Trinajstić information content (AvgIpc) is 2.35. The van der Waals surface area contributed by atoms with Gasteiger partial charge in [0.25, 0.3) is 0 Å². The normalized spacial score (nSPS) is 37.0. The number of hydrogen-bond donors (Lipinski definition) is 1. The summed E-state index contributed by atoms with van der Waals surface area (Å²) in [7, 11) is 0. The van der Waals surface area contributed by atoms with E-state index in [2.05, 4.69) is 17.2 Å². The Morgan fingerprint density at radius 3 is 2.33 bits per heavy atom. The minimum atomic E-state index is 0.288. The average molecular weight is 306 g/mol. The van der Waals surface area contributed by atoms with Crippen LogP contribution in [-0.2, 0) is 6.42 Å². The zero-order chi connectivity index (χ0) is 14.4. The molecule has 1 N–H and O–H groups in total. The van der Waals surface area contributed by atoms with E-state index >= 15 is 0 Å². The van der Waals surface area contributed by atoms with Crippen LogP contribution in [0, 0.1) is 17.8 Å². The standard InChI is InChI=1S/C17H24ClN3/c1-2-3-15-19-14(18)7-16(20-15)21-17-8-11-4-12(9-17)6-13(5-11)10-17/h7,11-13H,2-6,8-10H2,1H3,(H,19,20,21). The molecule has 0 aliphatic heterocycles. The smallest absolute Gasteiger partial charge is 0.134 e. The van der Waals surface area contributed by atoms with Crippen molar-refractivity contribution in [2.45, 2.75) is 63.8 Å². The first kappa shape index (κ1) is 13.8. The van der Waals surface area contributed by atoms with Crippen molar-refractivity contribution < 1.29 is 0 Å². The Kier molecular flexibility index (Phi) is 3.36. The Hall–Kier alpha value is -0.830. The zero-order valence-electron chi connectivity index (χ0n) is 12.7. The van der Waals surface area contributed by atoms with Gasteiger partial charge in [-0.05, 0) is 62.7 Å². The molecule has 4 aliphatic carbocycles. The van der Waals surface area contributed by atoms with Crippen LogP contribution in [0.2, 0.25) is 5.15 Å². The second kappa shape index (κ2) is 5.12. The highest BCUT2D eigenvalue weighted by molar-refractivity contribution is 6.29. The maximum atomic E-state index is 6.18. The van der Waals surface area contributed by atoms with Gasteiger partial charge in [0.15, 0.2) is 0 Å². The van der Waals surface area contributed by atoms with Crippen LogP contribution in [0.3, 0.4) is 0 Å². The third-order valence-electron chi connectivity index (χ3n) is 5.65. The third-order valence-corrected chi connectivity index (χ3v) is 5.84. The lowest BCUT2D eigenvalue weighted by atomic mass is 9.53. The van der Waals surface area contributed by atoms with E-state index in [-0.39, 0.29) is 5.54 Å². The predicted molar refractivity (Wildman–Crippen MR) is 85.6 cm³/mol. The molecule has 5 rings (SSSR count). The van der Waals surface area contributed by atoms with Crippen molar-refractivity contribution in [2.75, 3.05) is 5.32 Å². The second-order valence-electron chi connectivity index (χ2n) is 7.57. The van der Waals surface area contributed by atoms with Gasteiger partial charge in [-0.1, -0.05) is 18.5 Å². The molecule has 4 aliphatic rings. The van der Waals surface area contributed by atoms with Crippen LogP contribution < -0.4 is 5.32 Å². The molecular weight excluding hydrogens is 282 g/mol. The first-order valence-corrected chi connectivity index (χ1v) is 8.83.